The van der Waals surface area contributed by atoms with Crippen molar-refractivity contribution in [3.05, 3.63) is 11.6 Å². The van der Waals surface area contributed by atoms with Crippen LogP contribution >= 0.6 is 0 Å². The van der Waals surface area contributed by atoms with Crippen molar-refractivity contribution < 1.29 is 19.1 Å². The molecule has 31 heavy (non-hydrogen) atoms. The first-order valence-corrected chi connectivity index (χ1v) is 12.4. The standard InChI is InChI=1S/C27H40O4/c1-24(2)20-8-7-19-18(25(20,3)12-11-21(24)28)10-14-26(4)17(9-13-27(19,26)5)16-15-22(29)31-23(16)30-6/h7,16-18,20,23H,8-15H2,1-6H3/t16-,17-,18-,20-,23+,25+,26-,27+/m0/s1. The van der Waals surface area contributed by atoms with Gasteiger partial charge in [-0.05, 0) is 72.5 Å². The van der Waals surface area contributed by atoms with Gasteiger partial charge in [-0.25, -0.2) is 0 Å². The van der Waals surface area contributed by atoms with Gasteiger partial charge in [0.15, 0.2) is 0 Å². The molecule has 5 rings (SSSR count). The molecule has 5 aliphatic rings. The molecule has 172 valence electrons. The molecular weight excluding hydrogens is 388 g/mol. The molecule has 3 saturated carbocycles. The molecular formula is C27H40O4. The predicted octanol–water partition coefficient (Wildman–Crippen LogP) is 5.70. The van der Waals surface area contributed by atoms with Crippen LogP contribution in [0.25, 0.3) is 0 Å². The van der Waals surface area contributed by atoms with Crippen LogP contribution in [0.1, 0.15) is 86.0 Å². The van der Waals surface area contributed by atoms with E-state index in [1.54, 1.807) is 12.7 Å². The smallest absolute Gasteiger partial charge is 0.308 e. The molecule has 4 aliphatic carbocycles. The van der Waals surface area contributed by atoms with Gasteiger partial charge in [-0.3, -0.25) is 9.59 Å². The summed E-state index contributed by atoms with van der Waals surface area (Å²) in [5.74, 6) is 1.99. The van der Waals surface area contributed by atoms with E-state index in [0.717, 1.165) is 25.7 Å². The normalized spacial score (nSPS) is 50.9. The largest absolute Gasteiger partial charge is 0.435 e. The van der Waals surface area contributed by atoms with E-state index in [9.17, 15) is 9.59 Å². The summed E-state index contributed by atoms with van der Waals surface area (Å²) in [7, 11) is 1.67. The Morgan fingerprint density at radius 3 is 2.48 bits per heavy atom. The van der Waals surface area contributed by atoms with Crippen molar-refractivity contribution in [3.63, 3.8) is 0 Å². The first-order valence-electron chi connectivity index (χ1n) is 12.4. The molecule has 4 nitrogen and oxygen atoms in total. The van der Waals surface area contributed by atoms with Gasteiger partial charge >= 0.3 is 5.97 Å². The highest BCUT2D eigenvalue weighted by atomic mass is 16.7. The number of methoxy groups -OCH3 is 1. The summed E-state index contributed by atoms with van der Waals surface area (Å²) in [6, 6.07) is 0. The van der Waals surface area contributed by atoms with Crippen molar-refractivity contribution in [2.24, 2.45) is 45.3 Å². The maximum atomic E-state index is 12.8. The van der Waals surface area contributed by atoms with Crippen LogP contribution in [0.5, 0.6) is 0 Å². The number of ketones is 1. The lowest BCUT2D eigenvalue weighted by atomic mass is 9.41. The number of fused-ring (bicyclic) bond motifs is 5. The number of Topliss-reactive ketones (excluding diaryl/α,β-unsaturated/α-hetero) is 1. The van der Waals surface area contributed by atoms with Crippen LogP contribution in [-0.2, 0) is 19.1 Å². The first kappa shape index (κ1) is 21.7. The van der Waals surface area contributed by atoms with Crippen LogP contribution < -0.4 is 0 Å². The molecule has 4 heteroatoms. The minimum atomic E-state index is -0.387. The summed E-state index contributed by atoms with van der Waals surface area (Å²) < 4.78 is 11.1. The second kappa shape index (κ2) is 6.68. The third kappa shape index (κ3) is 2.63. The topological polar surface area (TPSA) is 52.6 Å². The zero-order valence-electron chi connectivity index (χ0n) is 20.3. The van der Waals surface area contributed by atoms with Crippen molar-refractivity contribution in [1.29, 1.82) is 0 Å². The molecule has 0 aromatic carbocycles. The van der Waals surface area contributed by atoms with Crippen molar-refractivity contribution in [3.8, 4) is 0 Å². The Hall–Kier alpha value is -1.16. The van der Waals surface area contributed by atoms with E-state index in [0.29, 0.717) is 30.0 Å². The van der Waals surface area contributed by atoms with Crippen LogP contribution in [0, 0.1) is 45.3 Å². The molecule has 1 heterocycles. The number of rotatable bonds is 2. The van der Waals surface area contributed by atoms with E-state index >= 15 is 0 Å². The molecule has 0 unspecified atom stereocenters. The van der Waals surface area contributed by atoms with Gasteiger partial charge in [0.1, 0.15) is 5.78 Å². The van der Waals surface area contributed by atoms with Gasteiger partial charge in [0.2, 0.25) is 6.29 Å². The number of carbonyl (C=O) groups excluding carboxylic acids is 2. The second-order valence-corrected chi connectivity index (χ2v) is 12.5. The van der Waals surface area contributed by atoms with Crippen molar-refractivity contribution in [2.75, 3.05) is 7.11 Å². The maximum Gasteiger partial charge on any atom is 0.308 e. The van der Waals surface area contributed by atoms with Gasteiger partial charge < -0.3 is 9.47 Å². The Bertz CT molecular complexity index is 842. The number of esters is 1. The summed E-state index contributed by atoms with van der Waals surface area (Å²) in [6.07, 6.45) is 10.2. The molecule has 0 aromatic rings. The Kier molecular flexibility index (Phi) is 4.67. The molecule has 0 spiro atoms. The number of cyclic esters (lactones) is 1. The predicted molar refractivity (Wildman–Crippen MR) is 119 cm³/mol. The van der Waals surface area contributed by atoms with Crippen LogP contribution in [0.3, 0.4) is 0 Å². The minimum Gasteiger partial charge on any atom is -0.435 e. The van der Waals surface area contributed by atoms with E-state index in [1.165, 1.54) is 19.3 Å². The number of ether oxygens (including phenoxy) is 2. The molecule has 0 aromatic heterocycles. The summed E-state index contributed by atoms with van der Waals surface area (Å²) in [5.41, 5.74) is 1.98. The van der Waals surface area contributed by atoms with Crippen molar-refractivity contribution >= 4 is 11.8 Å². The highest BCUT2D eigenvalue weighted by Gasteiger charge is 2.66. The molecule has 0 bridgehead atoms. The fraction of sp³-hybridized carbons (Fsp3) is 0.852. The van der Waals surface area contributed by atoms with E-state index in [-0.39, 0.29) is 39.8 Å². The Labute approximate surface area is 187 Å². The average Bonchev–Trinajstić information content (AvgIpc) is 3.21. The zero-order valence-corrected chi connectivity index (χ0v) is 20.3. The molecule has 0 radical (unpaired) electrons. The summed E-state index contributed by atoms with van der Waals surface area (Å²) in [6.45, 7) is 11.9. The van der Waals surface area contributed by atoms with Gasteiger partial charge in [-0.1, -0.05) is 46.3 Å². The fourth-order valence-electron chi connectivity index (χ4n) is 9.35. The van der Waals surface area contributed by atoms with Gasteiger partial charge in [0, 0.05) is 24.9 Å². The number of carbonyl (C=O) groups is 2. The summed E-state index contributed by atoms with van der Waals surface area (Å²) in [5, 5.41) is 0. The third-order valence-corrected chi connectivity index (χ3v) is 11.4. The monoisotopic (exact) mass is 428 g/mol. The van der Waals surface area contributed by atoms with Gasteiger partial charge in [0.25, 0.3) is 0 Å². The Balaban J connectivity index is 1.51. The quantitative estimate of drug-likeness (QED) is 0.418. The summed E-state index contributed by atoms with van der Waals surface area (Å²) in [4.78, 5) is 24.9. The number of hydrogen-bond acceptors (Lipinski definition) is 4. The van der Waals surface area contributed by atoms with Gasteiger partial charge in [-0.15, -0.1) is 0 Å². The van der Waals surface area contributed by atoms with Gasteiger partial charge in [-0.2, -0.15) is 0 Å². The molecule has 1 aliphatic heterocycles. The lowest BCUT2D eigenvalue weighted by Gasteiger charge is -2.63. The fourth-order valence-corrected chi connectivity index (χ4v) is 9.35. The zero-order chi connectivity index (χ0) is 22.4. The average molecular weight is 429 g/mol. The van der Waals surface area contributed by atoms with Crippen molar-refractivity contribution in [2.45, 2.75) is 92.3 Å². The lowest BCUT2D eigenvalue weighted by molar-refractivity contribution is -0.166. The van der Waals surface area contributed by atoms with E-state index in [1.807, 2.05) is 0 Å². The Morgan fingerprint density at radius 1 is 1.03 bits per heavy atom. The van der Waals surface area contributed by atoms with Crippen LogP contribution in [0.15, 0.2) is 11.6 Å². The summed E-state index contributed by atoms with van der Waals surface area (Å²) >= 11 is 0. The number of hydrogen-bond donors (Lipinski definition) is 0. The van der Waals surface area contributed by atoms with E-state index in [4.69, 9.17) is 9.47 Å². The maximum absolute atomic E-state index is 12.8. The molecule has 8 atom stereocenters. The molecule has 4 fully saturated rings. The minimum absolute atomic E-state index is 0.107. The first-order chi connectivity index (χ1) is 14.5. The van der Waals surface area contributed by atoms with Crippen LogP contribution in [0.2, 0.25) is 0 Å². The molecule has 0 N–H and O–H groups in total. The number of allylic oxidation sites excluding steroid dienone is 2. The van der Waals surface area contributed by atoms with Crippen molar-refractivity contribution in [1.82, 2.24) is 0 Å². The highest BCUT2D eigenvalue weighted by molar-refractivity contribution is 5.85. The third-order valence-electron chi connectivity index (χ3n) is 11.4. The lowest BCUT2D eigenvalue weighted by Crippen LogP contribution is -2.57. The van der Waals surface area contributed by atoms with E-state index < -0.39 is 0 Å². The highest BCUT2D eigenvalue weighted by Crippen LogP contribution is 2.73. The molecule has 1 saturated heterocycles. The van der Waals surface area contributed by atoms with Crippen LogP contribution in [0.4, 0.5) is 0 Å². The second-order valence-electron chi connectivity index (χ2n) is 12.5. The van der Waals surface area contributed by atoms with E-state index in [2.05, 4.69) is 40.7 Å². The molecule has 0 amide bonds. The Morgan fingerprint density at radius 2 is 1.77 bits per heavy atom. The van der Waals surface area contributed by atoms with Crippen LogP contribution in [-0.4, -0.2) is 25.2 Å². The SMILES string of the molecule is CO[C@@H]1OC(=O)C[C@H]1[C@@H]1CC[C@]2(C)C3=CC[C@H]4C(C)(C)C(=O)CC[C@]4(C)[C@H]3CC[C@@]12C. The van der Waals surface area contributed by atoms with Gasteiger partial charge in [0.05, 0.1) is 6.42 Å².